The predicted molar refractivity (Wildman–Crippen MR) is 66.4 cm³/mol. The van der Waals surface area contributed by atoms with Gasteiger partial charge in [0.25, 0.3) is 0 Å². The third kappa shape index (κ3) is 18.9. The predicted octanol–water partition coefficient (Wildman–Crippen LogP) is 2.00. The standard InChI is InChI=1S/C10H20O3.C2H2O4/c1-3-5-6-7-9-12-13-10(11)8-4-2;3-1(4)2(5)6/h3-9H2,1-2H3;(H,3,4)(H,5,6). The second-order valence-corrected chi connectivity index (χ2v) is 3.70. The lowest BCUT2D eigenvalue weighted by Gasteiger charge is -2.02. The lowest BCUT2D eigenvalue weighted by atomic mass is 10.2. The van der Waals surface area contributed by atoms with Crippen molar-refractivity contribution in [2.75, 3.05) is 6.61 Å². The van der Waals surface area contributed by atoms with E-state index in [4.69, 9.17) is 24.7 Å². The Labute approximate surface area is 112 Å². The lowest BCUT2D eigenvalue weighted by Crippen LogP contribution is -2.09. The van der Waals surface area contributed by atoms with E-state index in [0.717, 1.165) is 19.3 Å². The molecule has 0 saturated carbocycles. The Morgan fingerprint density at radius 1 is 0.895 bits per heavy atom. The molecule has 7 heteroatoms. The van der Waals surface area contributed by atoms with Crippen molar-refractivity contribution in [3.05, 3.63) is 0 Å². The average molecular weight is 278 g/mol. The van der Waals surface area contributed by atoms with Crippen LogP contribution in [0.5, 0.6) is 0 Å². The van der Waals surface area contributed by atoms with Gasteiger partial charge < -0.3 is 10.2 Å². The minimum atomic E-state index is -1.82. The normalized spacial score (nSPS) is 9.16. The van der Waals surface area contributed by atoms with Crippen LogP contribution in [0.25, 0.3) is 0 Å². The van der Waals surface area contributed by atoms with Crippen LogP contribution in [0.3, 0.4) is 0 Å². The van der Waals surface area contributed by atoms with Crippen LogP contribution in [0.15, 0.2) is 0 Å². The van der Waals surface area contributed by atoms with Gasteiger partial charge in [0, 0.05) is 6.42 Å². The van der Waals surface area contributed by atoms with Crippen molar-refractivity contribution in [3.8, 4) is 0 Å². The molecule has 0 aromatic heterocycles. The van der Waals surface area contributed by atoms with Gasteiger partial charge in [-0.15, -0.1) is 0 Å². The molecule has 112 valence electrons. The summed E-state index contributed by atoms with van der Waals surface area (Å²) in [6, 6.07) is 0. The van der Waals surface area contributed by atoms with Gasteiger partial charge in [0.15, 0.2) is 0 Å². The van der Waals surface area contributed by atoms with E-state index in [1.807, 2.05) is 6.92 Å². The molecule has 0 saturated heterocycles. The van der Waals surface area contributed by atoms with Gasteiger partial charge in [-0.05, 0) is 12.8 Å². The molecule has 0 rings (SSSR count). The van der Waals surface area contributed by atoms with Crippen molar-refractivity contribution in [3.63, 3.8) is 0 Å². The van der Waals surface area contributed by atoms with Crippen molar-refractivity contribution < 1.29 is 34.4 Å². The Bertz CT molecular complexity index is 251. The van der Waals surface area contributed by atoms with Crippen LogP contribution in [-0.4, -0.2) is 34.7 Å². The maximum atomic E-state index is 10.8. The smallest absolute Gasteiger partial charge is 0.414 e. The minimum Gasteiger partial charge on any atom is -0.473 e. The molecule has 0 atom stereocenters. The topological polar surface area (TPSA) is 110 Å². The SMILES string of the molecule is CCCCCCOOC(=O)CCC.O=C(O)C(=O)O. The van der Waals surface area contributed by atoms with Crippen LogP contribution < -0.4 is 0 Å². The summed E-state index contributed by atoms with van der Waals surface area (Å²) in [7, 11) is 0. The highest BCUT2D eigenvalue weighted by Gasteiger charge is 2.04. The molecule has 2 N–H and O–H groups in total. The van der Waals surface area contributed by atoms with Crippen molar-refractivity contribution in [1.29, 1.82) is 0 Å². The van der Waals surface area contributed by atoms with Gasteiger partial charge in [0.05, 0.1) is 6.61 Å². The summed E-state index contributed by atoms with van der Waals surface area (Å²) in [5.74, 6) is -3.91. The van der Waals surface area contributed by atoms with Gasteiger partial charge in [0.2, 0.25) is 0 Å². The molecular formula is C12H22O7. The van der Waals surface area contributed by atoms with E-state index in [1.165, 1.54) is 12.8 Å². The highest BCUT2D eigenvalue weighted by atomic mass is 17.2. The first-order valence-corrected chi connectivity index (χ1v) is 6.24. The number of carboxylic acids is 2. The summed E-state index contributed by atoms with van der Waals surface area (Å²) in [5, 5.41) is 14.8. The molecule has 19 heavy (non-hydrogen) atoms. The first kappa shape index (κ1) is 19.7. The molecular weight excluding hydrogens is 256 g/mol. The number of aliphatic carboxylic acids is 2. The second-order valence-electron chi connectivity index (χ2n) is 3.70. The Balaban J connectivity index is 0. The van der Waals surface area contributed by atoms with E-state index in [2.05, 4.69) is 11.8 Å². The summed E-state index contributed by atoms with van der Waals surface area (Å²) in [4.78, 5) is 38.3. The van der Waals surface area contributed by atoms with E-state index >= 15 is 0 Å². The number of carboxylic acid groups (broad SMARTS) is 2. The Morgan fingerprint density at radius 3 is 1.89 bits per heavy atom. The molecule has 0 aliphatic heterocycles. The number of hydrogen-bond acceptors (Lipinski definition) is 5. The highest BCUT2D eigenvalue weighted by molar-refractivity contribution is 6.27. The first-order chi connectivity index (χ1) is 8.95. The van der Waals surface area contributed by atoms with Crippen molar-refractivity contribution >= 4 is 17.9 Å². The zero-order chi connectivity index (χ0) is 15.1. The summed E-state index contributed by atoms with van der Waals surface area (Å²) >= 11 is 0. The molecule has 0 radical (unpaired) electrons. The van der Waals surface area contributed by atoms with Crippen LogP contribution in [0.1, 0.15) is 52.4 Å². The molecule has 0 aliphatic carbocycles. The van der Waals surface area contributed by atoms with E-state index in [9.17, 15) is 4.79 Å². The molecule has 0 aromatic carbocycles. The van der Waals surface area contributed by atoms with Crippen LogP contribution >= 0.6 is 0 Å². The second kappa shape index (κ2) is 14.4. The van der Waals surface area contributed by atoms with Crippen molar-refractivity contribution in [2.24, 2.45) is 0 Å². The van der Waals surface area contributed by atoms with Gasteiger partial charge in [-0.1, -0.05) is 33.1 Å². The Kier molecular flexibility index (Phi) is 15.0. The monoisotopic (exact) mass is 278 g/mol. The molecule has 0 aromatic rings. The van der Waals surface area contributed by atoms with E-state index in [0.29, 0.717) is 13.0 Å². The quantitative estimate of drug-likeness (QED) is 0.302. The molecule has 7 nitrogen and oxygen atoms in total. The molecule has 0 spiro atoms. The van der Waals surface area contributed by atoms with Crippen molar-refractivity contribution in [1.82, 2.24) is 0 Å². The molecule has 0 amide bonds. The number of rotatable bonds is 8. The Hall–Kier alpha value is -1.63. The highest BCUT2D eigenvalue weighted by Crippen LogP contribution is 1.99. The molecule has 0 heterocycles. The number of carbonyl (C=O) groups is 3. The molecule has 0 unspecified atom stereocenters. The van der Waals surface area contributed by atoms with Crippen LogP contribution in [-0.2, 0) is 24.2 Å². The van der Waals surface area contributed by atoms with Gasteiger partial charge in [-0.2, -0.15) is 4.89 Å². The average Bonchev–Trinajstić information content (AvgIpc) is 2.34. The van der Waals surface area contributed by atoms with Gasteiger partial charge in [-0.3, -0.25) is 4.89 Å². The third-order valence-corrected chi connectivity index (χ3v) is 1.87. The van der Waals surface area contributed by atoms with E-state index in [1.54, 1.807) is 0 Å². The summed E-state index contributed by atoms with van der Waals surface area (Å²) in [6.07, 6.45) is 5.77. The summed E-state index contributed by atoms with van der Waals surface area (Å²) < 4.78 is 0. The van der Waals surface area contributed by atoms with Crippen LogP contribution in [0.2, 0.25) is 0 Å². The van der Waals surface area contributed by atoms with E-state index in [-0.39, 0.29) is 5.97 Å². The van der Waals surface area contributed by atoms with E-state index < -0.39 is 11.9 Å². The zero-order valence-corrected chi connectivity index (χ0v) is 11.4. The minimum absolute atomic E-state index is 0.266. The number of unbranched alkanes of at least 4 members (excludes halogenated alkanes) is 3. The summed E-state index contributed by atoms with van der Waals surface area (Å²) in [5.41, 5.74) is 0. The number of hydrogen-bond donors (Lipinski definition) is 2. The largest absolute Gasteiger partial charge is 0.473 e. The van der Waals surface area contributed by atoms with Gasteiger partial charge in [0.1, 0.15) is 0 Å². The Morgan fingerprint density at radius 2 is 1.47 bits per heavy atom. The molecule has 0 bridgehead atoms. The fourth-order valence-electron chi connectivity index (χ4n) is 0.941. The number of carbonyl (C=O) groups excluding carboxylic acids is 1. The summed E-state index contributed by atoms with van der Waals surface area (Å²) in [6.45, 7) is 4.61. The maximum absolute atomic E-state index is 10.8. The van der Waals surface area contributed by atoms with Crippen LogP contribution in [0, 0.1) is 0 Å². The lowest BCUT2D eigenvalue weighted by molar-refractivity contribution is -0.272. The fourth-order valence-corrected chi connectivity index (χ4v) is 0.941. The first-order valence-electron chi connectivity index (χ1n) is 6.24. The molecule has 0 fully saturated rings. The zero-order valence-electron chi connectivity index (χ0n) is 11.4. The third-order valence-electron chi connectivity index (χ3n) is 1.87. The molecule has 0 aliphatic rings. The van der Waals surface area contributed by atoms with Crippen molar-refractivity contribution in [2.45, 2.75) is 52.4 Å². The van der Waals surface area contributed by atoms with Crippen LogP contribution in [0.4, 0.5) is 0 Å². The van der Waals surface area contributed by atoms with Gasteiger partial charge >= 0.3 is 17.9 Å². The maximum Gasteiger partial charge on any atom is 0.414 e. The van der Waals surface area contributed by atoms with Gasteiger partial charge in [-0.25, -0.2) is 14.4 Å². The fraction of sp³-hybridized carbons (Fsp3) is 0.750.